The summed E-state index contributed by atoms with van der Waals surface area (Å²) in [7, 11) is 1.38. The maximum Gasteiger partial charge on any atom is 0.356 e. The fourth-order valence-electron chi connectivity index (χ4n) is 2.29. The molecule has 0 aliphatic heterocycles. The topological polar surface area (TPSA) is 55.0 Å². The average Bonchev–Trinajstić information content (AvgIpc) is 2.78. The van der Waals surface area contributed by atoms with Crippen LogP contribution < -0.4 is 0 Å². The lowest BCUT2D eigenvalue weighted by molar-refractivity contribution is 0.0594. The van der Waals surface area contributed by atoms with Gasteiger partial charge < -0.3 is 9.72 Å². The van der Waals surface area contributed by atoms with E-state index in [1.54, 1.807) is 6.20 Å². The molecule has 0 aromatic carbocycles. The van der Waals surface area contributed by atoms with Gasteiger partial charge >= 0.3 is 5.97 Å². The monoisotopic (exact) mass is 222 g/mol. The van der Waals surface area contributed by atoms with E-state index < -0.39 is 0 Å². The second-order valence-electron chi connectivity index (χ2n) is 4.63. The van der Waals surface area contributed by atoms with Gasteiger partial charge in [-0.25, -0.2) is 9.78 Å². The highest BCUT2D eigenvalue weighted by atomic mass is 16.5. The molecule has 1 fully saturated rings. The van der Waals surface area contributed by atoms with E-state index in [-0.39, 0.29) is 5.97 Å². The molecule has 0 saturated heterocycles. The van der Waals surface area contributed by atoms with E-state index in [4.69, 9.17) is 0 Å². The highest BCUT2D eigenvalue weighted by molar-refractivity contribution is 5.86. The standard InChI is InChI=1S/C12H18N2O2/c1-8-3-5-9(6-4-8)11-13-7-10(14-11)12(15)16-2/h7-9H,3-6H2,1-2H3,(H,13,14). The van der Waals surface area contributed by atoms with Gasteiger partial charge in [0.25, 0.3) is 0 Å². The normalized spacial score (nSPS) is 25.4. The van der Waals surface area contributed by atoms with Gasteiger partial charge in [-0.2, -0.15) is 0 Å². The largest absolute Gasteiger partial charge is 0.464 e. The van der Waals surface area contributed by atoms with Crippen molar-refractivity contribution < 1.29 is 9.53 Å². The molecule has 1 heterocycles. The zero-order chi connectivity index (χ0) is 11.5. The molecule has 0 amide bonds. The first-order chi connectivity index (χ1) is 7.70. The third-order valence-corrected chi connectivity index (χ3v) is 3.40. The lowest BCUT2D eigenvalue weighted by atomic mass is 9.83. The van der Waals surface area contributed by atoms with E-state index in [0.717, 1.165) is 24.6 Å². The van der Waals surface area contributed by atoms with Crippen LogP contribution in [0.1, 0.15) is 54.8 Å². The van der Waals surface area contributed by atoms with Gasteiger partial charge in [0.15, 0.2) is 0 Å². The molecule has 2 rings (SSSR count). The Morgan fingerprint density at radius 2 is 2.12 bits per heavy atom. The second-order valence-corrected chi connectivity index (χ2v) is 4.63. The number of hydrogen-bond acceptors (Lipinski definition) is 3. The van der Waals surface area contributed by atoms with E-state index in [1.807, 2.05) is 0 Å². The maximum atomic E-state index is 11.3. The summed E-state index contributed by atoms with van der Waals surface area (Å²) >= 11 is 0. The van der Waals surface area contributed by atoms with Gasteiger partial charge in [-0.1, -0.05) is 19.8 Å². The zero-order valence-electron chi connectivity index (χ0n) is 9.82. The number of rotatable bonds is 2. The number of imidazole rings is 1. The van der Waals surface area contributed by atoms with Gasteiger partial charge in [0, 0.05) is 5.92 Å². The minimum atomic E-state index is -0.345. The Hall–Kier alpha value is -1.32. The fraction of sp³-hybridized carbons (Fsp3) is 0.667. The number of ether oxygens (including phenoxy) is 1. The van der Waals surface area contributed by atoms with Crippen molar-refractivity contribution in [3.05, 3.63) is 17.7 Å². The van der Waals surface area contributed by atoms with Crippen LogP contribution in [-0.2, 0) is 4.74 Å². The lowest BCUT2D eigenvalue weighted by Gasteiger charge is -2.24. The third kappa shape index (κ3) is 2.26. The van der Waals surface area contributed by atoms with Gasteiger partial charge in [-0.15, -0.1) is 0 Å². The first-order valence-electron chi connectivity index (χ1n) is 5.84. The van der Waals surface area contributed by atoms with Crippen LogP contribution in [0.15, 0.2) is 6.20 Å². The highest BCUT2D eigenvalue weighted by Crippen LogP contribution is 2.33. The Balaban J connectivity index is 2.04. The minimum absolute atomic E-state index is 0.345. The van der Waals surface area contributed by atoms with Crippen molar-refractivity contribution in [2.75, 3.05) is 7.11 Å². The summed E-state index contributed by atoms with van der Waals surface area (Å²) in [4.78, 5) is 18.6. The molecular weight excluding hydrogens is 204 g/mol. The Morgan fingerprint density at radius 3 is 2.75 bits per heavy atom. The van der Waals surface area contributed by atoms with Crippen molar-refractivity contribution >= 4 is 5.97 Å². The number of hydrogen-bond donors (Lipinski definition) is 1. The van der Waals surface area contributed by atoms with E-state index in [1.165, 1.54) is 20.0 Å². The summed E-state index contributed by atoms with van der Waals surface area (Å²) in [6, 6.07) is 0. The average molecular weight is 222 g/mol. The van der Waals surface area contributed by atoms with Crippen LogP contribution in [0.2, 0.25) is 0 Å². The van der Waals surface area contributed by atoms with E-state index in [0.29, 0.717) is 11.6 Å². The summed E-state index contributed by atoms with van der Waals surface area (Å²) < 4.78 is 4.64. The number of nitrogens with zero attached hydrogens (tertiary/aromatic N) is 1. The SMILES string of the molecule is COC(=O)c1cnc(C2CCC(C)CC2)[nH]1. The Morgan fingerprint density at radius 1 is 1.44 bits per heavy atom. The first kappa shape index (κ1) is 11.2. The molecule has 0 atom stereocenters. The van der Waals surface area contributed by atoms with Crippen molar-refractivity contribution in [1.29, 1.82) is 0 Å². The summed E-state index contributed by atoms with van der Waals surface area (Å²) in [5, 5.41) is 0. The van der Waals surface area contributed by atoms with Crippen LogP contribution in [0.25, 0.3) is 0 Å². The Kier molecular flexibility index (Phi) is 3.27. The van der Waals surface area contributed by atoms with Gasteiger partial charge in [0.1, 0.15) is 11.5 Å². The van der Waals surface area contributed by atoms with Gasteiger partial charge in [-0.3, -0.25) is 0 Å². The number of carbonyl (C=O) groups excluding carboxylic acids is 1. The van der Waals surface area contributed by atoms with E-state index in [2.05, 4.69) is 21.6 Å². The third-order valence-electron chi connectivity index (χ3n) is 3.40. The second kappa shape index (κ2) is 4.68. The molecule has 4 nitrogen and oxygen atoms in total. The fourth-order valence-corrected chi connectivity index (χ4v) is 2.29. The predicted molar refractivity (Wildman–Crippen MR) is 60.3 cm³/mol. The Bertz CT molecular complexity index is 365. The molecule has 1 saturated carbocycles. The summed E-state index contributed by atoms with van der Waals surface area (Å²) in [6.07, 6.45) is 6.39. The smallest absolute Gasteiger partial charge is 0.356 e. The molecule has 1 aromatic heterocycles. The van der Waals surface area contributed by atoms with Gasteiger partial charge in [-0.05, 0) is 18.8 Å². The van der Waals surface area contributed by atoms with Crippen LogP contribution in [-0.4, -0.2) is 23.0 Å². The molecule has 4 heteroatoms. The molecule has 0 unspecified atom stereocenters. The molecule has 1 N–H and O–H groups in total. The molecule has 88 valence electrons. The van der Waals surface area contributed by atoms with Crippen molar-refractivity contribution in [2.24, 2.45) is 5.92 Å². The quantitative estimate of drug-likeness (QED) is 0.782. The molecule has 0 spiro atoms. The number of H-pyrrole nitrogens is 1. The lowest BCUT2D eigenvalue weighted by Crippen LogP contribution is -2.12. The summed E-state index contributed by atoms with van der Waals surface area (Å²) in [5.74, 6) is 1.90. The van der Waals surface area contributed by atoms with Crippen LogP contribution in [0.5, 0.6) is 0 Å². The van der Waals surface area contributed by atoms with Crippen molar-refractivity contribution in [3.63, 3.8) is 0 Å². The molecule has 1 aromatic rings. The van der Waals surface area contributed by atoms with Crippen molar-refractivity contribution in [1.82, 2.24) is 9.97 Å². The molecular formula is C12H18N2O2. The van der Waals surface area contributed by atoms with Crippen LogP contribution in [0, 0.1) is 5.92 Å². The van der Waals surface area contributed by atoms with Crippen molar-refractivity contribution in [2.45, 2.75) is 38.5 Å². The van der Waals surface area contributed by atoms with Crippen LogP contribution >= 0.6 is 0 Å². The molecule has 0 bridgehead atoms. The maximum absolute atomic E-state index is 11.3. The molecule has 16 heavy (non-hydrogen) atoms. The van der Waals surface area contributed by atoms with Gasteiger partial charge in [0.05, 0.1) is 13.3 Å². The number of aromatic nitrogens is 2. The zero-order valence-corrected chi connectivity index (χ0v) is 9.82. The molecule has 1 aliphatic rings. The summed E-state index contributed by atoms with van der Waals surface area (Å²) in [5.41, 5.74) is 0.455. The Labute approximate surface area is 95.4 Å². The predicted octanol–water partition coefficient (Wildman–Crippen LogP) is 2.49. The van der Waals surface area contributed by atoms with Crippen LogP contribution in [0.3, 0.4) is 0 Å². The highest BCUT2D eigenvalue weighted by Gasteiger charge is 2.22. The number of carbonyl (C=O) groups is 1. The summed E-state index contributed by atoms with van der Waals surface area (Å²) in [6.45, 7) is 2.29. The number of nitrogens with one attached hydrogen (secondary N) is 1. The van der Waals surface area contributed by atoms with E-state index >= 15 is 0 Å². The number of esters is 1. The first-order valence-corrected chi connectivity index (χ1v) is 5.84. The molecule has 0 radical (unpaired) electrons. The number of methoxy groups -OCH3 is 1. The minimum Gasteiger partial charge on any atom is -0.464 e. The van der Waals surface area contributed by atoms with Gasteiger partial charge in [0.2, 0.25) is 0 Å². The molecule has 1 aliphatic carbocycles. The van der Waals surface area contributed by atoms with Crippen LogP contribution in [0.4, 0.5) is 0 Å². The van der Waals surface area contributed by atoms with Crippen molar-refractivity contribution in [3.8, 4) is 0 Å². The van der Waals surface area contributed by atoms with E-state index in [9.17, 15) is 4.79 Å². The number of aromatic amines is 1.